The van der Waals surface area contributed by atoms with E-state index in [-0.39, 0.29) is 11.8 Å². The number of thioether (sulfide) groups is 1. The molecule has 1 saturated heterocycles. The lowest BCUT2D eigenvalue weighted by Gasteiger charge is -2.33. The molecule has 5 heteroatoms. The maximum absolute atomic E-state index is 12.7. The maximum Gasteiger partial charge on any atom is 0.248 e. The summed E-state index contributed by atoms with van der Waals surface area (Å²) in [5.41, 5.74) is -0.660. The van der Waals surface area contributed by atoms with E-state index in [2.05, 4.69) is 18.5 Å². The molecule has 0 spiro atoms. The number of rotatable bonds is 5. The fourth-order valence-corrected chi connectivity index (χ4v) is 3.57. The molecule has 0 bridgehead atoms. The molecule has 2 unspecified atom stereocenters. The van der Waals surface area contributed by atoms with Crippen LogP contribution in [0.1, 0.15) is 33.1 Å². The summed E-state index contributed by atoms with van der Waals surface area (Å²) < 4.78 is 0. The van der Waals surface area contributed by atoms with Crippen LogP contribution in [0.4, 0.5) is 0 Å². The van der Waals surface area contributed by atoms with Gasteiger partial charge in [0.2, 0.25) is 11.8 Å². The van der Waals surface area contributed by atoms with Gasteiger partial charge in [0.05, 0.1) is 0 Å². The number of nitrogens with one attached hydrogen (secondary N) is 1. The molecule has 0 aromatic rings. The number of hydrogen-bond acceptors (Lipinski definition) is 3. The highest BCUT2D eigenvalue weighted by molar-refractivity contribution is 7.98. The van der Waals surface area contributed by atoms with E-state index in [9.17, 15) is 9.59 Å². The Morgan fingerprint density at radius 3 is 2.74 bits per heavy atom. The molecule has 0 radical (unpaired) electrons. The van der Waals surface area contributed by atoms with Crippen molar-refractivity contribution in [3.05, 3.63) is 0 Å². The Morgan fingerprint density at radius 1 is 1.47 bits per heavy atom. The predicted octanol–water partition coefficient (Wildman–Crippen LogP) is 1.50. The summed E-state index contributed by atoms with van der Waals surface area (Å²) in [6.07, 6.45) is 4.62. The molecule has 1 saturated carbocycles. The van der Waals surface area contributed by atoms with E-state index in [1.54, 1.807) is 11.8 Å². The van der Waals surface area contributed by atoms with Gasteiger partial charge in [-0.1, -0.05) is 6.92 Å². The van der Waals surface area contributed by atoms with E-state index in [0.717, 1.165) is 25.1 Å². The number of amides is 2. The van der Waals surface area contributed by atoms with E-state index >= 15 is 0 Å². The predicted molar refractivity (Wildman–Crippen MR) is 78.0 cm³/mol. The smallest absolute Gasteiger partial charge is 0.248 e. The first-order valence-corrected chi connectivity index (χ1v) is 8.46. The second kappa shape index (κ2) is 5.73. The maximum atomic E-state index is 12.7. The third kappa shape index (κ3) is 3.25. The highest BCUT2D eigenvalue weighted by Crippen LogP contribution is 2.41. The molecular formula is C14H24N2O2S. The van der Waals surface area contributed by atoms with E-state index in [1.165, 1.54) is 0 Å². The van der Waals surface area contributed by atoms with E-state index in [4.69, 9.17) is 0 Å². The van der Waals surface area contributed by atoms with Crippen LogP contribution in [-0.4, -0.2) is 47.4 Å². The molecule has 1 N–H and O–H groups in total. The van der Waals surface area contributed by atoms with Crippen LogP contribution in [0.5, 0.6) is 0 Å². The van der Waals surface area contributed by atoms with Crippen molar-refractivity contribution in [1.29, 1.82) is 0 Å². The Balaban J connectivity index is 2.10. The molecule has 0 aromatic heterocycles. The molecule has 1 aliphatic carbocycles. The second-order valence-electron chi connectivity index (χ2n) is 6.09. The average Bonchev–Trinajstić information content (AvgIpc) is 3.17. The molecule has 2 rings (SSSR count). The fraction of sp³-hybridized carbons (Fsp3) is 0.857. The molecule has 2 atom stereocenters. The number of carbonyl (C=O) groups is 2. The van der Waals surface area contributed by atoms with Gasteiger partial charge in [-0.25, -0.2) is 0 Å². The summed E-state index contributed by atoms with van der Waals surface area (Å²) >= 11 is 1.80. The zero-order chi connectivity index (χ0) is 14.0. The van der Waals surface area contributed by atoms with Crippen molar-refractivity contribution >= 4 is 23.6 Å². The average molecular weight is 284 g/mol. The number of nitrogens with zero attached hydrogens (tertiary/aromatic N) is 1. The molecule has 1 aliphatic heterocycles. The van der Waals surface area contributed by atoms with Crippen molar-refractivity contribution in [2.75, 3.05) is 25.1 Å². The summed E-state index contributed by atoms with van der Waals surface area (Å²) in [5, 5.41) is 2.97. The Kier molecular flexibility index (Phi) is 4.43. The Hall–Kier alpha value is -0.710. The standard InChI is InChI=1S/C14H24N2O2S/c1-10(9-19-3)8-16-7-6-12(17)15-14(2,13(16)18)11-4-5-11/h10-11H,4-9H2,1-3H3,(H,15,17). The van der Waals surface area contributed by atoms with Gasteiger partial charge >= 0.3 is 0 Å². The van der Waals surface area contributed by atoms with Gasteiger partial charge in [-0.15, -0.1) is 0 Å². The van der Waals surface area contributed by atoms with Gasteiger partial charge in [0.25, 0.3) is 0 Å². The molecule has 4 nitrogen and oxygen atoms in total. The van der Waals surface area contributed by atoms with Crippen LogP contribution in [0.15, 0.2) is 0 Å². The number of carbonyl (C=O) groups excluding carboxylic acids is 2. The molecule has 0 aromatic carbocycles. The van der Waals surface area contributed by atoms with Crippen LogP contribution in [0.25, 0.3) is 0 Å². The van der Waals surface area contributed by atoms with Crippen LogP contribution >= 0.6 is 11.8 Å². The zero-order valence-corrected chi connectivity index (χ0v) is 12.9. The molecular weight excluding hydrogens is 260 g/mol. The first-order chi connectivity index (χ1) is 8.97. The minimum Gasteiger partial charge on any atom is -0.342 e. The third-order valence-corrected chi connectivity index (χ3v) is 5.02. The first-order valence-electron chi connectivity index (χ1n) is 7.06. The Bertz CT molecular complexity index is 370. The minimum atomic E-state index is -0.660. The zero-order valence-electron chi connectivity index (χ0n) is 12.1. The Morgan fingerprint density at radius 2 is 2.16 bits per heavy atom. The molecule has 19 heavy (non-hydrogen) atoms. The van der Waals surface area contributed by atoms with Gasteiger partial charge in [0, 0.05) is 19.5 Å². The lowest BCUT2D eigenvalue weighted by atomic mass is 9.94. The monoisotopic (exact) mass is 284 g/mol. The molecule has 1 heterocycles. The van der Waals surface area contributed by atoms with Crippen LogP contribution in [0.2, 0.25) is 0 Å². The largest absolute Gasteiger partial charge is 0.342 e. The van der Waals surface area contributed by atoms with Crippen molar-refractivity contribution in [2.24, 2.45) is 11.8 Å². The third-order valence-electron chi connectivity index (χ3n) is 4.12. The van der Waals surface area contributed by atoms with Crippen molar-refractivity contribution in [3.63, 3.8) is 0 Å². The molecule has 108 valence electrons. The lowest BCUT2D eigenvalue weighted by molar-refractivity contribution is -0.139. The fourth-order valence-electron chi connectivity index (χ4n) is 2.90. The summed E-state index contributed by atoms with van der Waals surface area (Å²) in [4.78, 5) is 26.5. The summed E-state index contributed by atoms with van der Waals surface area (Å²) in [6, 6.07) is 0. The summed E-state index contributed by atoms with van der Waals surface area (Å²) in [5.74, 6) is 1.98. The van der Waals surface area contributed by atoms with Crippen molar-refractivity contribution < 1.29 is 9.59 Å². The highest BCUT2D eigenvalue weighted by atomic mass is 32.2. The van der Waals surface area contributed by atoms with E-state index in [1.807, 2.05) is 11.8 Å². The van der Waals surface area contributed by atoms with Gasteiger partial charge < -0.3 is 10.2 Å². The quantitative estimate of drug-likeness (QED) is 0.832. The minimum absolute atomic E-state index is 0.0165. The van der Waals surface area contributed by atoms with Gasteiger partial charge in [0.1, 0.15) is 5.54 Å². The second-order valence-corrected chi connectivity index (χ2v) is 7.00. The molecule has 2 fully saturated rings. The molecule has 2 amide bonds. The summed E-state index contributed by atoms with van der Waals surface area (Å²) in [6.45, 7) is 5.39. The SMILES string of the molecule is CSCC(C)CN1CCC(=O)NC(C)(C2CC2)C1=O. The van der Waals surface area contributed by atoms with Crippen LogP contribution in [-0.2, 0) is 9.59 Å². The van der Waals surface area contributed by atoms with Crippen LogP contribution < -0.4 is 5.32 Å². The van der Waals surface area contributed by atoms with Gasteiger partial charge in [-0.2, -0.15) is 11.8 Å². The highest BCUT2D eigenvalue weighted by Gasteiger charge is 2.51. The van der Waals surface area contributed by atoms with Gasteiger partial charge in [-0.3, -0.25) is 9.59 Å². The van der Waals surface area contributed by atoms with Crippen LogP contribution in [0, 0.1) is 11.8 Å². The van der Waals surface area contributed by atoms with Crippen LogP contribution in [0.3, 0.4) is 0 Å². The topological polar surface area (TPSA) is 49.4 Å². The van der Waals surface area contributed by atoms with Crippen molar-refractivity contribution in [2.45, 2.75) is 38.6 Å². The Labute approximate surface area is 119 Å². The van der Waals surface area contributed by atoms with Gasteiger partial charge in [0.15, 0.2) is 0 Å². The number of hydrogen-bond donors (Lipinski definition) is 1. The van der Waals surface area contributed by atoms with Gasteiger partial charge in [-0.05, 0) is 43.6 Å². The lowest BCUT2D eigenvalue weighted by Crippen LogP contribution is -2.57. The van der Waals surface area contributed by atoms with E-state index in [0.29, 0.717) is 24.8 Å². The van der Waals surface area contributed by atoms with Crippen molar-refractivity contribution in [1.82, 2.24) is 10.2 Å². The normalized spacial score (nSPS) is 29.9. The first kappa shape index (κ1) is 14.7. The summed E-state index contributed by atoms with van der Waals surface area (Å²) in [7, 11) is 0. The van der Waals surface area contributed by atoms with Crippen molar-refractivity contribution in [3.8, 4) is 0 Å². The van der Waals surface area contributed by atoms with E-state index < -0.39 is 5.54 Å². The molecule has 2 aliphatic rings.